The first kappa shape index (κ1) is 14.6. The summed E-state index contributed by atoms with van der Waals surface area (Å²) in [5.74, 6) is 1.46. The maximum atomic E-state index is 10.8. The number of hydrogen-bond donors (Lipinski definition) is 1. The number of nitro groups is 1. The maximum Gasteiger partial charge on any atom is 0.282 e. The van der Waals surface area contributed by atoms with Crippen molar-refractivity contribution in [3.8, 4) is 0 Å². The largest absolute Gasteiger partial charge is 0.382 e. The Morgan fingerprint density at radius 3 is 2.68 bits per heavy atom. The predicted octanol–water partition coefficient (Wildman–Crippen LogP) is 4.44. The van der Waals surface area contributed by atoms with Gasteiger partial charge in [0.2, 0.25) is 0 Å². The molecule has 1 fully saturated rings. The summed E-state index contributed by atoms with van der Waals surface area (Å²) in [5.41, 5.74) is 1.16. The van der Waals surface area contributed by atoms with Crippen LogP contribution in [0, 0.1) is 25.5 Å². The molecule has 0 heterocycles. The lowest BCUT2D eigenvalue weighted by Gasteiger charge is -2.33. The van der Waals surface area contributed by atoms with Crippen LogP contribution in [0.2, 0.25) is 0 Å². The van der Waals surface area contributed by atoms with Gasteiger partial charge in [-0.25, -0.2) is 0 Å². The molecular weight excluding hydrogens is 355 g/mol. The zero-order chi connectivity index (χ0) is 14.0. The molecule has 0 saturated heterocycles. The Balaban J connectivity index is 2.07. The summed E-state index contributed by atoms with van der Waals surface area (Å²) in [4.78, 5) is 10.5. The fourth-order valence-corrected chi connectivity index (χ4v) is 3.55. The highest BCUT2D eigenvalue weighted by Crippen LogP contribution is 2.32. The summed E-state index contributed by atoms with van der Waals surface area (Å²) < 4.78 is 0.685. The standard InChI is InChI=1S/C14H19IN2O2/c1-9-3-5-13(10(2)7-9)16-11-4-6-14(17(18)19)12(15)8-11/h4,6,8-10,13,16H,3,5,7H2,1-2H3. The van der Waals surface area contributed by atoms with Gasteiger partial charge >= 0.3 is 0 Å². The van der Waals surface area contributed by atoms with Gasteiger partial charge in [-0.3, -0.25) is 10.1 Å². The Morgan fingerprint density at radius 1 is 1.37 bits per heavy atom. The summed E-state index contributed by atoms with van der Waals surface area (Å²) in [6, 6.07) is 5.74. The number of rotatable bonds is 3. The van der Waals surface area contributed by atoms with Gasteiger partial charge in [-0.15, -0.1) is 0 Å². The van der Waals surface area contributed by atoms with Crippen molar-refractivity contribution in [3.63, 3.8) is 0 Å². The van der Waals surface area contributed by atoms with Crippen LogP contribution < -0.4 is 5.32 Å². The van der Waals surface area contributed by atoms with Gasteiger partial charge in [0.15, 0.2) is 0 Å². The molecule has 0 aliphatic heterocycles. The SMILES string of the molecule is CC1CCC(Nc2ccc([N+](=O)[O-])c(I)c2)C(C)C1. The van der Waals surface area contributed by atoms with Crippen molar-refractivity contribution in [2.75, 3.05) is 5.32 Å². The fourth-order valence-electron chi connectivity index (χ4n) is 2.84. The zero-order valence-corrected chi connectivity index (χ0v) is 13.4. The van der Waals surface area contributed by atoms with Crippen molar-refractivity contribution in [2.45, 2.75) is 39.2 Å². The lowest BCUT2D eigenvalue weighted by Crippen LogP contribution is -2.33. The first-order valence-electron chi connectivity index (χ1n) is 6.68. The van der Waals surface area contributed by atoms with Gasteiger partial charge in [0, 0.05) is 17.8 Å². The van der Waals surface area contributed by atoms with E-state index in [0.29, 0.717) is 15.5 Å². The molecule has 2 rings (SSSR count). The van der Waals surface area contributed by atoms with Crippen LogP contribution in [0.4, 0.5) is 11.4 Å². The molecule has 0 amide bonds. The molecule has 1 saturated carbocycles. The molecular formula is C14H19IN2O2. The van der Waals surface area contributed by atoms with Crippen LogP contribution in [0.1, 0.15) is 33.1 Å². The summed E-state index contributed by atoms with van der Waals surface area (Å²) in [5, 5.41) is 14.3. The van der Waals surface area contributed by atoms with Gasteiger partial charge < -0.3 is 5.32 Å². The number of halogens is 1. The van der Waals surface area contributed by atoms with E-state index in [1.165, 1.54) is 19.3 Å². The molecule has 3 unspecified atom stereocenters. The number of anilines is 1. The highest BCUT2D eigenvalue weighted by molar-refractivity contribution is 14.1. The molecule has 1 aromatic carbocycles. The van der Waals surface area contributed by atoms with Crippen molar-refractivity contribution in [3.05, 3.63) is 31.9 Å². The molecule has 1 aromatic rings. The number of nitrogens with zero attached hydrogens (tertiary/aromatic N) is 1. The van der Waals surface area contributed by atoms with Crippen molar-refractivity contribution in [1.82, 2.24) is 0 Å². The second-order valence-electron chi connectivity index (χ2n) is 5.57. The number of hydrogen-bond acceptors (Lipinski definition) is 3. The molecule has 0 aromatic heterocycles. The Labute approximate surface area is 127 Å². The number of nitrogens with one attached hydrogen (secondary N) is 1. The summed E-state index contributed by atoms with van der Waals surface area (Å²) in [6.07, 6.45) is 3.68. The van der Waals surface area contributed by atoms with Crippen molar-refractivity contribution in [1.29, 1.82) is 0 Å². The topological polar surface area (TPSA) is 55.2 Å². The minimum Gasteiger partial charge on any atom is -0.382 e. The van der Waals surface area contributed by atoms with Crippen LogP contribution in [0.5, 0.6) is 0 Å². The normalized spacial score (nSPS) is 27.0. The van der Waals surface area contributed by atoms with Crippen LogP contribution in [0.15, 0.2) is 18.2 Å². The number of nitro benzene ring substituents is 1. The molecule has 1 N–H and O–H groups in total. The quantitative estimate of drug-likeness (QED) is 0.484. The highest BCUT2D eigenvalue weighted by Gasteiger charge is 2.25. The van der Waals surface area contributed by atoms with Gasteiger partial charge in [0.25, 0.3) is 5.69 Å². The van der Waals surface area contributed by atoms with Gasteiger partial charge in [-0.1, -0.05) is 13.8 Å². The molecule has 104 valence electrons. The lowest BCUT2D eigenvalue weighted by atomic mass is 9.80. The molecule has 1 aliphatic carbocycles. The monoisotopic (exact) mass is 374 g/mol. The maximum absolute atomic E-state index is 10.8. The Morgan fingerprint density at radius 2 is 2.11 bits per heavy atom. The van der Waals surface area contributed by atoms with Gasteiger partial charge in [-0.05, 0) is 65.8 Å². The second-order valence-corrected chi connectivity index (χ2v) is 6.73. The smallest absolute Gasteiger partial charge is 0.282 e. The van der Waals surface area contributed by atoms with E-state index in [-0.39, 0.29) is 10.6 Å². The Bertz CT molecular complexity index is 479. The molecule has 0 radical (unpaired) electrons. The van der Waals surface area contributed by atoms with Crippen molar-refractivity contribution in [2.24, 2.45) is 11.8 Å². The third-order valence-electron chi connectivity index (χ3n) is 3.93. The zero-order valence-electron chi connectivity index (χ0n) is 11.2. The van der Waals surface area contributed by atoms with E-state index in [0.717, 1.165) is 11.6 Å². The van der Waals surface area contributed by atoms with Crippen molar-refractivity contribution >= 4 is 34.0 Å². The first-order valence-corrected chi connectivity index (χ1v) is 7.75. The Hall–Kier alpha value is -0.850. The van der Waals surface area contributed by atoms with Crippen LogP contribution in [-0.4, -0.2) is 11.0 Å². The summed E-state index contributed by atoms with van der Waals surface area (Å²) in [7, 11) is 0. The van der Waals surface area contributed by atoms with Crippen LogP contribution >= 0.6 is 22.6 Å². The Kier molecular flexibility index (Phi) is 4.65. The van der Waals surface area contributed by atoms with Crippen molar-refractivity contribution < 1.29 is 4.92 Å². The van der Waals surface area contributed by atoms with E-state index in [1.807, 2.05) is 34.7 Å². The minimum absolute atomic E-state index is 0.177. The van der Waals surface area contributed by atoms with Gasteiger partial charge in [0.1, 0.15) is 0 Å². The first-order chi connectivity index (χ1) is 8.97. The molecule has 4 nitrogen and oxygen atoms in total. The summed E-state index contributed by atoms with van der Waals surface area (Å²) in [6.45, 7) is 4.59. The average molecular weight is 374 g/mol. The number of benzene rings is 1. The van der Waals surface area contributed by atoms with Crippen LogP contribution in [0.25, 0.3) is 0 Å². The van der Waals surface area contributed by atoms with E-state index >= 15 is 0 Å². The van der Waals surface area contributed by atoms with E-state index in [9.17, 15) is 10.1 Å². The average Bonchev–Trinajstić information content (AvgIpc) is 2.32. The van der Waals surface area contributed by atoms with E-state index < -0.39 is 0 Å². The molecule has 5 heteroatoms. The van der Waals surface area contributed by atoms with Gasteiger partial charge in [0.05, 0.1) is 8.49 Å². The van der Waals surface area contributed by atoms with E-state index in [2.05, 4.69) is 19.2 Å². The lowest BCUT2D eigenvalue weighted by molar-refractivity contribution is -0.385. The van der Waals surface area contributed by atoms with E-state index in [1.54, 1.807) is 6.07 Å². The molecule has 0 bridgehead atoms. The third kappa shape index (κ3) is 3.58. The highest BCUT2D eigenvalue weighted by atomic mass is 127. The minimum atomic E-state index is -0.337. The summed E-state index contributed by atoms with van der Waals surface area (Å²) >= 11 is 2.02. The van der Waals surface area contributed by atoms with Crippen LogP contribution in [-0.2, 0) is 0 Å². The van der Waals surface area contributed by atoms with E-state index in [4.69, 9.17) is 0 Å². The molecule has 1 aliphatic rings. The molecule has 0 spiro atoms. The molecule has 3 atom stereocenters. The molecule has 19 heavy (non-hydrogen) atoms. The fraction of sp³-hybridized carbons (Fsp3) is 0.571. The van der Waals surface area contributed by atoms with Gasteiger partial charge in [-0.2, -0.15) is 0 Å². The third-order valence-corrected chi connectivity index (χ3v) is 4.79. The van der Waals surface area contributed by atoms with Crippen LogP contribution in [0.3, 0.4) is 0 Å². The second kappa shape index (κ2) is 6.07. The predicted molar refractivity (Wildman–Crippen MR) is 85.4 cm³/mol.